The molecule has 110 valence electrons. The lowest BCUT2D eigenvalue weighted by Crippen LogP contribution is -2.20. The summed E-state index contributed by atoms with van der Waals surface area (Å²) < 4.78 is 1.27. The van der Waals surface area contributed by atoms with E-state index < -0.39 is 4.92 Å². The first-order chi connectivity index (χ1) is 10.0. The van der Waals surface area contributed by atoms with Crippen molar-refractivity contribution in [3.63, 3.8) is 0 Å². The topological polar surface area (TPSA) is 90.1 Å². The summed E-state index contributed by atoms with van der Waals surface area (Å²) in [4.78, 5) is 26.1. The number of anilines is 1. The summed E-state index contributed by atoms with van der Waals surface area (Å²) >= 11 is 0. The van der Waals surface area contributed by atoms with Gasteiger partial charge in [-0.15, -0.1) is 0 Å². The monoisotopic (exact) mass is 288 g/mol. The van der Waals surface area contributed by atoms with Crippen molar-refractivity contribution in [3.8, 4) is 0 Å². The lowest BCUT2D eigenvalue weighted by Gasteiger charge is -2.06. The van der Waals surface area contributed by atoms with Crippen LogP contribution in [0.1, 0.15) is 18.3 Å². The Labute approximate surface area is 121 Å². The standard InChI is InChI=1S/C14H16N4O3/c1-3-11-4-6-12(7-5-11)16-13(19)9-17-10(2)15-8-14(17)18(20)21/h4-8H,3,9H2,1-2H3,(H,16,19). The Bertz CT molecular complexity index is 661. The predicted molar refractivity (Wildman–Crippen MR) is 78.1 cm³/mol. The first-order valence-electron chi connectivity index (χ1n) is 6.56. The number of hydrogen-bond donors (Lipinski definition) is 1. The van der Waals surface area contributed by atoms with Gasteiger partial charge in [-0.3, -0.25) is 4.79 Å². The second-order valence-electron chi connectivity index (χ2n) is 4.61. The summed E-state index contributed by atoms with van der Waals surface area (Å²) in [5.74, 6) is -0.0920. The van der Waals surface area contributed by atoms with E-state index in [1.807, 2.05) is 24.3 Å². The molecule has 2 rings (SSSR count). The van der Waals surface area contributed by atoms with Crippen molar-refractivity contribution < 1.29 is 9.72 Å². The van der Waals surface area contributed by atoms with Crippen LogP contribution in [-0.4, -0.2) is 20.4 Å². The number of aromatic nitrogens is 2. The quantitative estimate of drug-likeness (QED) is 0.675. The molecule has 1 aromatic carbocycles. The number of rotatable bonds is 5. The Balaban J connectivity index is 2.08. The minimum atomic E-state index is -0.552. The van der Waals surface area contributed by atoms with Crippen LogP contribution in [0.25, 0.3) is 0 Å². The maximum absolute atomic E-state index is 12.0. The van der Waals surface area contributed by atoms with E-state index >= 15 is 0 Å². The number of nitrogens with zero attached hydrogens (tertiary/aromatic N) is 3. The van der Waals surface area contributed by atoms with Crippen LogP contribution in [0.3, 0.4) is 0 Å². The van der Waals surface area contributed by atoms with Crippen LogP contribution in [0.5, 0.6) is 0 Å². The van der Waals surface area contributed by atoms with Gasteiger partial charge in [0.2, 0.25) is 0 Å². The molecule has 0 unspecified atom stereocenters. The Morgan fingerprint density at radius 3 is 2.62 bits per heavy atom. The third-order valence-electron chi connectivity index (χ3n) is 3.17. The fraction of sp³-hybridized carbons (Fsp3) is 0.286. The Morgan fingerprint density at radius 2 is 2.05 bits per heavy atom. The lowest BCUT2D eigenvalue weighted by molar-refractivity contribution is -0.392. The molecule has 1 aromatic heterocycles. The molecule has 21 heavy (non-hydrogen) atoms. The van der Waals surface area contributed by atoms with E-state index in [0.29, 0.717) is 11.5 Å². The molecular weight excluding hydrogens is 272 g/mol. The van der Waals surface area contributed by atoms with Gasteiger partial charge in [0.25, 0.3) is 5.91 Å². The van der Waals surface area contributed by atoms with E-state index in [1.165, 1.54) is 10.1 Å². The van der Waals surface area contributed by atoms with Crippen molar-refractivity contribution in [1.82, 2.24) is 9.55 Å². The highest BCUT2D eigenvalue weighted by molar-refractivity contribution is 5.90. The molecule has 0 spiro atoms. The molecule has 2 aromatic rings. The van der Waals surface area contributed by atoms with Crippen LogP contribution in [0, 0.1) is 17.0 Å². The number of aryl methyl sites for hydroxylation is 2. The van der Waals surface area contributed by atoms with Crippen LogP contribution >= 0.6 is 0 Å². The van der Waals surface area contributed by atoms with Gasteiger partial charge < -0.3 is 15.4 Å². The van der Waals surface area contributed by atoms with Crippen molar-refractivity contribution in [2.75, 3.05) is 5.32 Å². The zero-order valence-corrected chi connectivity index (χ0v) is 11.9. The summed E-state index contributed by atoms with van der Waals surface area (Å²) in [5, 5.41) is 13.6. The first-order valence-corrected chi connectivity index (χ1v) is 6.56. The highest BCUT2D eigenvalue weighted by Crippen LogP contribution is 2.14. The number of carbonyl (C=O) groups excluding carboxylic acids is 1. The molecule has 0 atom stereocenters. The van der Waals surface area contributed by atoms with E-state index in [2.05, 4.69) is 17.2 Å². The highest BCUT2D eigenvalue weighted by Gasteiger charge is 2.20. The second kappa shape index (κ2) is 6.17. The Kier molecular flexibility index (Phi) is 4.32. The second-order valence-corrected chi connectivity index (χ2v) is 4.61. The van der Waals surface area contributed by atoms with Crippen LogP contribution < -0.4 is 5.32 Å². The van der Waals surface area contributed by atoms with Crippen molar-refractivity contribution in [1.29, 1.82) is 0 Å². The molecular formula is C14H16N4O3. The number of benzene rings is 1. The van der Waals surface area contributed by atoms with E-state index in [-0.39, 0.29) is 18.3 Å². The summed E-state index contributed by atoms with van der Waals surface area (Å²) in [6, 6.07) is 7.49. The van der Waals surface area contributed by atoms with Crippen molar-refractivity contribution in [3.05, 3.63) is 52.0 Å². The minimum Gasteiger partial charge on any atom is -0.358 e. The van der Waals surface area contributed by atoms with Gasteiger partial charge in [-0.2, -0.15) is 0 Å². The summed E-state index contributed by atoms with van der Waals surface area (Å²) in [7, 11) is 0. The average molecular weight is 288 g/mol. The number of hydrogen-bond acceptors (Lipinski definition) is 4. The zero-order chi connectivity index (χ0) is 15.4. The maximum atomic E-state index is 12.0. The van der Waals surface area contributed by atoms with E-state index in [4.69, 9.17) is 0 Å². The predicted octanol–water partition coefficient (Wildman–Crippen LogP) is 2.30. The smallest absolute Gasteiger partial charge is 0.343 e. The van der Waals surface area contributed by atoms with Crippen molar-refractivity contribution in [2.24, 2.45) is 0 Å². The Morgan fingerprint density at radius 1 is 1.38 bits per heavy atom. The van der Waals surface area contributed by atoms with Gasteiger partial charge in [0.15, 0.2) is 12.4 Å². The molecule has 0 bridgehead atoms. The van der Waals surface area contributed by atoms with Gasteiger partial charge >= 0.3 is 5.82 Å². The Hall–Kier alpha value is -2.70. The zero-order valence-electron chi connectivity index (χ0n) is 11.9. The number of amides is 1. The molecule has 0 aliphatic heterocycles. The van der Waals surface area contributed by atoms with Crippen LogP contribution in [-0.2, 0) is 17.8 Å². The molecule has 1 N–H and O–H groups in total. The molecule has 1 heterocycles. The minimum absolute atomic E-state index is 0.141. The number of nitro groups is 1. The van der Waals surface area contributed by atoms with Gasteiger partial charge in [-0.05, 0) is 29.0 Å². The molecule has 0 saturated carbocycles. The van der Waals surface area contributed by atoms with E-state index in [9.17, 15) is 14.9 Å². The van der Waals surface area contributed by atoms with Crippen LogP contribution in [0.15, 0.2) is 30.5 Å². The van der Waals surface area contributed by atoms with Crippen molar-refractivity contribution >= 4 is 17.4 Å². The van der Waals surface area contributed by atoms with Gasteiger partial charge in [-0.1, -0.05) is 19.1 Å². The molecule has 0 fully saturated rings. The van der Waals surface area contributed by atoms with Gasteiger partial charge in [0, 0.05) is 12.6 Å². The first kappa shape index (κ1) is 14.7. The third kappa shape index (κ3) is 3.44. The van der Waals surface area contributed by atoms with Crippen LogP contribution in [0.2, 0.25) is 0 Å². The van der Waals surface area contributed by atoms with Gasteiger partial charge in [-0.25, -0.2) is 9.55 Å². The molecule has 7 nitrogen and oxygen atoms in total. The summed E-state index contributed by atoms with van der Waals surface area (Å²) in [6.07, 6.45) is 2.08. The molecule has 0 saturated heterocycles. The summed E-state index contributed by atoms with van der Waals surface area (Å²) in [6.45, 7) is 3.53. The number of nitrogens with one attached hydrogen (secondary N) is 1. The van der Waals surface area contributed by atoms with Crippen LogP contribution in [0.4, 0.5) is 11.5 Å². The largest absolute Gasteiger partial charge is 0.358 e. The number of carbonyl (C=O) groups is 1. The lowest BCUT2D eigenvalue weighted by atomic mass is 10.1. The number of imidazole rings is 1. The molecule has 1 amide bonds. The molecule has 0 aliphatic carbocycles. The highest BCUT2D eigenvalue weighted by atomic mass is 16.6. The van der Waals surface area contributed by atoms with E-state index in [0.717, 1.165) is 12.6 Å². The fourth-order valence-corrected chi connectivity index (χ4v) is 1.97. The van der Waals surface area contributed by atoms with Gasteiger partial charge in [0.05, 0.1) is 0 Å². The SMILES string of the molecule is CCc1ccc(NC(=O)Cn2c([N+](=O)[O-])cnc2C)cc1. The van der Waals surface area contributed by atoms with Gasteiger partial charge in [0.1, 0.15) is 6.20 Å². The molecule has 0 radical (unpaired) electrons. The molecule has 7 heteroatoms. The summed E-state index contributed by atoms with van der Waals surface area (Å²) in [5.41, 5.74) is 1.84. The normalized spacial score (nSPS) is 10.4. The van der Waals surface area contributed by atoms with E-state index in [1.54, 1.807) is 6.92 Å². The van der Waals surface area contributed by atoms with Crippen molar-refractivity contribution in [2.45, 2.75) is 26.8 Å². The fourth-order valence-electron chi connectivity index (χ4n) is 1.97. The maximum Gasteiger partial charge on any atom is 0.343 e. The average Bonchev–Trinajstić information content (AvgIpc) is 2.81. The molecule has 0 aliphatic rings. The third-order valence-corrected chi connectivity index (χ3v) is 3.17.